The Balaban J connectivity index is 1.40. The zero-order chi connectivity index (χ0) is 18.9. The molecule has 1 amide bonds. The van der Waals surface area contributed by atoms with Gasteiger partial charge in [-0.3, -0.25) is 4.79 Å². The number of carbonyl (C=O) groups is 1. The van der Waals surface area contributed by atoms with Crippen LogP contribution in [0.5, 0.6) is 0 Å². The second-order valence-electron chi connectivity index (χ2n) is 5.81. The third-order valence-electron chi connectivity index (χ3n) is 3.77. The molecule has 0 atom stereocenters. The fraction of sp³-hybridized carbons (Fsp3) is 0.263. The zero-order valence-corrected chi connectivity index (χ0v) is 16.7. The first kappa shape index (κ1) is 19.4. The van der Waals surface area contributed by atoms with Gasteiger partial charge >= 0.3 is 0 Å². The van der Waals surface area contributed by atoms with Crippen molar-refractivity contribution in [2.45, 2.75) is 23.4 Å². The summed E-state index contributed by atoms with van der Waals surface area (Å²) in [6.45, 7) is 2.67. The molecule has 0 bridgehead atoms. The van der Waals surface area contributed by atoms with Crippen molar-refractivity contribution in [1.82, 2.24) is 25.5 Å². The maximum Gasteiger partial charge on any atom is 0.230 e. The number of thioether (sulfide) groups is 2. The molecule has 0 saturated carbocycles. The number of nitrogens with zero attached hydrogens (tertiary/aromatic N) is 4. The first-order valence-electron chi connectivity index (χ1n) is 8.66. The molecular formula is C19H21N5OS2. The fourth-order valence-electron chi connectivity index (χ4n) is 2.41. The Bertz CT molecular complexity index is 869. The average Bonchev–Trinajstić information content (AvgIpc) is 3.15. The quantitative estimate of drug-likeness (QED) is 0.439. The first-order valence-corrected chi connectivity index (χ1v) is 10.6. The van der Waals surface area contributed by atoms with Crippen LogP contribution in [0.15, 0.2) is 64.6 Å². The van der Waals surface area contributed by atoms with Gasteiger partial charge in [0.2, 0.25) is 11.1 Å². The molecule has 0 unspecified atom stereocenters. The minimum atomic E-state index is -0.0101. The summed E-state index contributed by atoms with van der Waals surface area (Å²) in [6, 6.07) is 18.1. The van der Waals surface area contributed by atoms with Gasteiger partial charge in [0.15, 0.2) is 0 Å². The second-order valence-corrected chi connectivity index (χ2v) is 7.92. The molecule has 0 spiro atoms. The zero-order valence-electron chi connectivity index (χ0n) is 15.0. The van der Waals surface area contributed by atoms with Crippen LogP contribution in [0.2, 0.25) is 0 Å². The van der Waals surface area contributed by atoms with Crippen molar-refractivity contribution >= 4 is 29.4 Å². The number of hydrogen-bond acceptors (Lipinski definition) is 6. The fourth-order valence-corrected chi connectivity index (χ4v) is 4.00. The first-order chi connectivity index (χ1) is 13.2. The number of rotatable bonds is 9. The van der Waals surface area contributed by atoms with E-state index in [0.29, 0.717) is 11.7 Å². The minimum absolute atomic E-state index is 0.0101. The van der Waals surface area contributed by atoms with Crippen LogP contribution in [0.4, 0.5) is 0 Å². The lowest BCUT2D eigenvalue weighted by Gasteiger charge is -2.07. The predicted molar refractivity (Wildman–Crippen MR) is 109 cm³/mol. The summed E-state index contributed by atoms with van der Waals surface area (Å²) in [5, 5.41) is 15.4. The van der Waals surface area contributed by atoms with Gasteiger partial charge in [0.1, 0.15) is 0 Å². The van der Waals surface area contributed by atoms with Gasteiger partial charge < -0.3 is 5.32 Å². The molecule has 1 N–H and O–H groups in total. The number of nitrogens with one attached hydrogen (secondary N) is 1. The highest BCUT2D eigenvalue weighted by Gasteiger charge is 2.12. The summed E-state index contributed by atoms with van der Waals surface area (Å²) in [5.74, 6) is 1.25. The Labute approximate surface area is 167 Å². The molecule has 140 valence electrons. The summed E-state index contributed by atoms with van der Waals surface area (Å²) in [6.07, 6.45) is 0.927. The second kappa shape index (κ2) is 10.1. The third-order valence-corrected chi connectivity index (χ3v) is 5.79. The Kier molecular flexibility index (Phi) is 7.29. The normalized spacial score (nSPS) is 10.7. The standard InChI is InChI=1S/C19H21N5OS2/c1-15-8-5-6-11-17(15)24-19(21-22-23-24)27-14-18(25)20-12-7-13-26-16-9-3-2-4-10-16/h2-6,8-11H,7,12-14H2,1H3,(H,20,25). The van der Waals surface area contributed by atoms with E-state index in [4.69, 9.17) is 0 Å². The highest BCUT2D eigenvalue weighted by molar-refractivity contribution is 7.99. The van der Waals surface area contributed by atoms with Crippen molar-refractivity contribution in [1.29, 1.82) is 0 Å². The largest absolute Gasteiger partial charge is 0.355 e. The summed E-state index contributed by atoms with van der Waals surface area (Å²) in [7, 11) is 0. The van der Waals surface area contributed by atoms with Gasteiger partial charge in [0, 0.05) is 11.4 Å². The van der Waals surface area contributed by atoms with Crippen LogP contribution in [0, 0.1) is 6.92 Å². The van der Waals surface area contributed by atoms with Crippen LogP contribution in [0.3, 0.4) is 0 Å². The van der Waals surface area contributed by atoms with Gasteiger partial charge in [-0.25, -0.2) is 0 Å². The molecule has 0 saturated heterocycles. The van der Waals surface area contributed by atoms with Crippen LogP contribution in [-0.4, -0.2) is 44.2 Å². The Hall–Kier alpha value is -2.32. The molecule has 0 aliphatic heterocycles. The topological polar surface area (TPSA) is 72.7 Å². The number of tetrazole rings is 1. The van der Waals surface area contributed by atoms with Gasteiger partial charge in [-0.05, 0) is 53.3 Å². The Morgan fingerprint density at radius 2 is 1.85 bits per heavy atom. The van der Waals surface area contributed by atoms with Crippen molar-refractivity contribution in [2.24, 2.45) is 0 Å². The summed E-state index contributed by atoms with van der Waals surface area (Å²) in [5.41, 5.74) is 2.00. The van der Waals surface area contributed by atoms with E-state index in [1.807, 2.05) is 49.4 Å². The van der Waals surface area contributed by atoms with E-state index in [2.05, 4.69) is 33.0 Å². The highest BCUT2D eigenvalue weighted by atomic mass is 32.2. The van der Waals surface area contributed by atoms with Crippen molar-refractivity contribution in [2.75, 3.05) is 18.1 Å². The predicted octanol–water partition coefficient (Wildman–Crippen LogP) is 3.36. The van der Waals surface area contributed by atoms with Gasteiger partial charge in [-0.1, -0.05) is 48.2 Å². The van der Waals surface area contributed by atoms with Crippen molar-refractivity contribution in [3.05, 3.63) is 60.2 Å². The van der Waals surface area contributed by atoms with Crippen LogP contribution in [0.1, 0.15) is 12.0 Å². The van der Waals surface area contributed by atoms with E-state index < -0.39 is 0 Å². The number of carbonyl (C=O) groups excluding carboxylic acids is 1. The number of benzene rings is 2. The maximum absolute atomic E-state index is 12.1. The summed E-state index contributed by atoms with van der Waals surface area (Å²) in [4.78, 5) is 13.3. The third kappa shape index (κ3) is 5.83. The van der Waals surface area contributed by atoms with E-state index in [1.165, 1.54) is 16.7 Å². The van der Waals surface area contributed by atoms with Gasteiger partial charge in [0.05, 0.1) is 11.4 Å². The van der Waals surface area contributed by atoms with E-state index in [-0.39, 0.29) is 11.7 Å². The molecule has 0 fully saturated rings. The minimum Gasteiger partial charge on any atom is -0.355 e. The lowest BCUT2D eigenvalue weighted by atomic mass is 10.2. The number of aromatic nitrogens is 4. The van der Waals surface area contributed by atoms with Crippen molar-refractivity contribution in [3.8, 4) is 5.69 Å². The van der Waals surface area contributed by atoms with E-state index in [9.17, 15) is 4.79 Å². The molecule has 0 aliphatic carbocycles. The Morgan fingerprint density at radius 3 is 2.67 bits per heavy atom. The van der Waals surface area contributed by atoms with Crippen LogP contribution >= 0.6 is 23.5 Å². The molecule has 27 heavy (non-hydrogen) atoms. The van der Waals surface area contributed by atoms with Crippen molar-refractivity contribution in [3.63, 3.8) is 0 Å². The lowest BCUT2D eigenvalue weighted by molar-refractivity contribution is -0.118. The van der Waals surface area contributed by atoms with Crippen LogP contribution in [-0.2, 0) is 4.79 Å². The summed E-state index contributed by atoms with van der Waals surface area (Å²) < 4.78 is 1.67. The van der Waals surface area contributed by atoms with Gasteiger partial charge in [-0.2, -0.15) is 4.68 Å². The van der Waals surface area contributed by atoms with Crippen molar-refractivity contribution < 1.29 is 4.79 Å². The molecule has 0 radical (unpaired) electrons. The monoisotopic (exact) mass is 399 g/mol. The van der Waals surface area contributed by atoms with Gasteiger partial charge in [-0.15, -0.1) is 16.9 Å². The lowest BCUT2D eigenvalue weighted by Crippen LogP contribution is -2.26. The Morgan fingerprint density at radius 1 is 1.07 bits per heavy atom. The van der Waals surface area contributed by atoms with E-state index in [0.717, 1.165) is 23.4 Å². The maximum atomic E-state index is 12.1. The summed E-state index contributed by atoms with van der Waals surface area (Å²) >= 11 is 3.13. The SMILES string of the molecule is Cc1ccccc1-n1nnnc1SCC(=O)NCCCSc1ccccc1. The van der Waals surface area contributed by atoms with Crippen LogP contribution in [0.25, 0.3) is 5.69 Å². The number of aryl methyl sites for hydroxylation is 1. The number of hydrogen-bond donors (Lipinski definition) is 1. The molecule has 3 rings (SSSR count). The number of para-hydroxylation sites is 1. The van der Waals surface area contributed by atoms with Crippen LogP contribution < -0.4 is 5.32 Å². The molecule has 1 aromatic heterocycles. The molecule has 0 aliphatic rings. The molecule has 8 heteroatoms. The molecule has 3 aromatic rings. The van der Waals surface area contributed by atoms with E-state index >= 15 is 0 Å². The average molecular weight is 400 g/mol. The molecule has 6 nitrogen and oxygen atoms in total. The van der Waals surface area contributed by atoms with Gasteiger partial charge in [0.25, 0.3) is 0 Å². The smallest absolute Gasteiger partial charge is 0.230 e. The highest BCUT2D eigenvalue weighted by Crippen LogP contribution is 2.20. The number of amides is 1. The van der Waals surface area contributed by atoms with E-state index in [1.54, 1.807) is 16.4 Å². The molecule has 1 heterocycles. The molecule has 2 aromatic carbocycles. The molecular weight excluding hydrogens is 378 g/mol.